The smallest absolute Gasteiger partial charge is 0.387 e. The molecule has 3 rings (SSSR count). The Morgan fingerprint density at radius 2 is 1.93 bits per heavy atom. The zero-order valence-corrected chi connectivity index (χ0v) is 16.3. The highest BCUT2D eigenvalue weighted by molar-refractivity contribution is 6.32. The highest BCUT2D eigenvalue weighted by Gasteiger charge is 2.18. The summed E-state index contributed by atoms with van der Waals surface area (Å²) in [5.41, 5.74) is 0.916. The number of esters is 1. The lowest BCUT2D eigenvalue weighted by molar-refractivity contribution is -0.148. The van der Waals surface area contributed by atoms with Crippen molar-refractivity contribution in [1.29, 1.82) is 0 Å². The maximum Gasteiger partial charge on any atom is 0.387 e. The summed E-state index contributed by atoms with van der Waals surface area (Å²) in [6.45, 7) is -1.49. The lowest BCUT2D eigenvalue weighted by atomic mass is 10.2. The first-order chi connectivity index (χ1) is 14.3. The van der Waals surface area contributed by atoms with Crippen LogP contribution in [0.25, 0.3) is 6.08 Å². The van der Waals surface area contributed by atoms with Gasteiger partial charge in [0.2, 0.25) is 6.79 Å². The third-order valence-electron chi connectivity index (χ3n) is 3.89. The Bertz CT molecular complexity index is 982. The molecule has 7 nitrogen and oxygen atoms in total. The van der Waals surface area contributed by atoms with Gasteiger partial charge in [0, 0.05) is 11.8 Å². The SMILES string of the molecule is CC(OC(=O)/C=C/c1ccc2c(c1)OCO2)C(=O)Nc1ccc(OC(F)F)c(Cl)c1. The van der Waals surface area contributed by atoms with Crippen molar-refractivity contribution >= 4 is 35.2 Å². The van der Waals surface area contributed by atoms with Crippen LogP contribution in [0.4, 0.5) is 14.5 Å². The number of alkyl halides is 2. The number of rotatable bonds is 7. The van der Waals surface area contributed by atoms with Gasteiger partial charge >= 0.3 is 12.6 Å². The zero-order valence-electron chi connectivity index (χ0n) is 15.6. The second kappa shape index (κ2) is 9.45. The Morgan fingerprint density at radius 3 is 2.67 bits per heavy atom. The molecule has 2 aromatic carbocycles. The van der Waals surface area contributed by atoms with Gasteiger partial charge in [-0.05, 0) is 48.9 Å². The number of hydrogen-bond donors (Lipinski definition) is 1. The van der Waals surface area contributed by atoms with Gasteiger partial charge in [-0.3, -0.25) is 4.79 Å². The summed E-state index contributed by atoms with van der Waals surface area (Å²) < 4.78 is 44.2. The molecule has 30 heavy (non-hydrogen) atoms. The van der Waals surface area contributed by atoms with Crippen molar-refractivity contribution in [2.24, 2.45) is 0 Å². The van der Waals surface area contributed by atoms with Gasteiger partial charge in [0.05, 0.1) is 5.02 Å². The molecule has 1 amide bonds. The second-order valence-electron chi connectivity index (χ2n) is 6.04. The third kappa shape index (κ3) is 5.60. The van der Waals surface area contributed by atoms with Crippen LogP contribution in [0.1, 0.15) is 12.5 Å². The van der Waals surface area contributed by atoms with E-state index < -0.39 is 24.6 Å². The predicted molar refractivity (Wildman–Crippen MR) is 104 cm³/mol. The highest BCUT2D eigenvalue weighted by Crippen LogP contribution is 2.33. The van der Waals surface area contributed by atoms with E-state index in [0.717, 1.165) is 0 Å². The molecule has 0 saturated heterocycles. The molecule has 1 unspecified atom stereocenters. The van der Waals surface area contributed by atoms with E-state index in [9.17, 15) is 18.4 Å². The Morgan fingerprint density at radius 1 is 1.17 bits per heavy atom. The standard InChI is InChI=1S/C20H16ClF2NO6/c1-11(19(26)24-13-4-6-15(14(21)9-13)30-20(22)23)29-18(25)7-3-12-2-5-16-17(8-12)28-10-27-16/h2-9,11,20H,10H2,1H3,(H,24,26)/b7-3+. The van der Waals surface area contributed by atoms with Gasteiger partial charge in [0.25, 0.3) is 5.91 Å². The van der Waals surface area contributed by atoms with Crippen molar-refractivity contribution in [3.8, 4) is 17.2 Å². The first-order valence-corrected chi connectivity index (χ1v) is 9.03. The van der Waals surface area contributed by atoms with Crippen LogP contribution >= 0.6 is 11.6 Å². The largest absolute Gasteiger partial charge is 0.454 e. The molecule has 0 aliphatic carbocycles. The molecule has 0 spiro atoms. The highest BCUT2D eigenvalue weighted by atomic mass is 35.5. The topological polar surface area (TPSA) is 83.1 Å². The average molecular weight is 440 g/mol. The Balaban J connectivity index is 1.53. The number of carbonyl (C=O) groups is 2. The summed E-state index contributed by atoms with van der Waals surface area (Å²) in [6, 6.07) is 8.91. The van der Waals surface area contributed by atoms with Crippen LogP contribution in [-0.4, -0.2) is 31.4 Å². The van der Waals surface area contributed by atoms with Crippen molar-refractivity contribution < 1.29 is 37.3 Å². The Kier molecular flexibility index (Phi) is 6.73. The predicted octanol–water partition coefficient (Wildman–Crippen LogP) is 4.25. The molecular formula is C20H16ClF2NO6. The van der Waals surface area contributed by atoms with Gasteiger partial charge in [-0.25, -0.2) is 4.79 Å². The van der Waals surface area contributed by atoms with Gasteiger partial charge in [0.1, 0.15) is 5.75 Å². The molecule has 10 heteroatoms. The summed E-state index contributed by atoms with van der Waals surface area (Å²) >= 11 is 5.83. The molecule has 2 aromatic rings. The molecular weight excluding hydrogens is 424 g/mol. The number of nitrogens with one attached hydrogen (secondary N) is 1. The third-order valence-corrected chi connectivity index (χ3v) is 4.18. The summed E-state index contributed by atoms with van der Waals surface area (Å²) in [4.78, 5) is 24.2. The van der Waals surface area contributed by atoms with Crippen molar-refractivity contribution in [2.45, 2.75) is 19.6 Å². The van der Waals surface area contributed by atoms with Crippen LogP contribution in [0.2, 0.25) is 5.02 Å². The maximum absolute atomic E-state index is 12.3. The summed E-state index contributed by atoms with van der Waals surface area (Å²) in [5.74, 6) is -0.388. The Labute approximate surface area is 175 Å². The average Bonchev–Trinajstić information content (AvgIpc) is 3.16. The molecule has 1 atom stereocenters. The molecule has 158 valence electrons. The van der Waals surface area contributed by atoms with Gasteiger partial charge in [0.15, 0.2) is 17.6 Å². The van der Waals surface area contributed by atoms with Crippen LogP contribution < -0.4 is 19.5 Å². The molecule has 0 radical (unpaired) electrons. The van der Waals surface area contributed by atoms with Crippen molar-refractivity contribution in [2.75, 3.05) is 12.1 Å². The molecule has 1 aliphatic rings. The first kappa shape index (κ1) is 21.4. The van der Waals surface area contributed by atoms with Gasteiger partial charge in [-0.2, -0.15) is 8.78 Å². The van der Waals surface area contributed by atoms with Gasteiger partial charge in [-0.15, -0.1) is 0 Å². The lowest BCUT2D eigenvalue weighted by Crippen LogP contribution is -2.29. The van der Waals surface area contributed by atoms with Crippen LogP contribution in [-0.2, 0) is 14.3 Å². The van der Waals surface area contributed by atoms with E-state index in [-0.39, 0.29) is 23.3 Å². The number of benzene rings is 2. The molecule has 1 heterocycles. The van der Waals surface area contributed by atoms with Crippen LogP contribution in [0.15, 0.2) is 42.5 Å². The van der Waals surface area contributed by atoms with Crippen LogP contribution in [0.3, 0.4) is 0 Å². The van der Waals surface area contributed by atoms with E-state index >= 15 is 0 Å². The fraction of sp³-hybridized carbons (Fsp3) is 0.200. The minimum Gasteiger partial charge on any atom is -0.454 e. The van der Waals surface area contributed by atoms with Crippen molar-refractivity contribution in [3.05, 3.63) is 53.1 Å². The van der Waals surface area contributed by atoms with Gasteiger partial charge < -0.3 is 24.3 Å². The summed E-state index contributed by atoms with van der Waals surface area (Å²) in [7, 11) is 0. The minimum absolute atomic E-state index is 0.107. The molecule has 1 aliphatic heterocycles. The molecule has 0 saturated carbocycles. The normalized spacial score (nSPS) is 13.4. The molecule has 0 bridgehead atoms. The lowest BCUT2D eigenvalue weighted by Gasteiger charge is -2.13. The second-order valence-corrected chi connectivity index (χ2v) is 6.45. The number of anilines is 1. The van der Waals surface area contributed by atoms with Crippen molar-refractivity contribution in [3.63, 3.8) is 0 Å². The molecule has 0 aromatic heterocycles. The van der Waals surface area contributed by atoms with E-state index in [2.05, 4.69) is 10.1 Å². The summed E-state index contributed by atoms with van der Waals surface area (Å²) in [5, 5.41) is 2.37. The number of carbonyl (C=O) groups excluding carboxylic acids is 2. The maximum atomic E-state index is 12.3. The first-order valence-electron chi connectivity index (χ1n) is 8.65. The fourth-order valence-electron chi connectivity index (χ4n) is 2.46. The molecule has 1 N–H and O–H groups in total. The Hall–Kier alpha value is -3.33. The number of halogens is 3. The van der Waals surface area contributed by atoms with E-state index in [0.29, 0.717) is 17.1 Å². The number of ether oxygens (including phenoxy) is 4. The zero-order chi connectivity index (χ0) is 21.7. The van der Waals surface area contributed by atoms with E-state index in [1.54, 1.807) is 18.2 Å². The van der Waals surface area contributed by atoms with E-state index in [4.69, 9.17) is 25.8 Å². The number of fused-ring (bicyclic) bond motifs is 1. The summed E-state index contributed by atoms with van der Waals surface area (Å²) in [6.07, 6.45) is 1.57. The quantitative estimate of drug-likeness (QED) is 0.513. The fourth-order valence-corrected chi connectivity index (χ4v) is 2.69. The van der Waals surface area contributed by atoms with Crippen molar-refractivity contribution in [1.82, 2.24) is 0 Å². The van der Waals surface area contributed by atoms with Crippen LogP contribution in [0.5, 0.6) is 17.2 Å². The van der Waals surface area contributed by atoms with Gasteiger partial charge in [-0.1, -0.05) is 17.7 Å². The van der Waals surface area contributed by atoms with E-state index in [1.807, 2.05) is 0 Å². The molecule has 0 fully saturated rings. The number of hydrogen-bond acceptors (Lipinski definition) is 6. The monoisotopic (exact) mass is 439 g/mol. The number of amides is 1. The van der Waals surface area contributed by atoms with E-state index in [1.165, 1.54) is 37.3 Å². The minimum atomic E-state index is -3.02. The van der Waals surface area contributed by atoms with Crippen LogP contribution in [0, 0.1) is 0 Å².